The summed E-state index contributed by atoms with van der Waals surface area (Å²) >= 11 is 0. The fraction of sp³-hybridized carbons (Fsp3) is 0.429. The minimum Gasteiger partial charge on any atom is -0.497 e. The number of halogens is 1. The van der Waals surface area contributed by atoms with E-state index in [1.165, 1.54) is 6.07 Å². The first kappa shape index (κ1) is 19.6. The summed E-state index contributed by atoms with van der Waals surface area (Å²) < 4.78 is 29.9. The highest BCUT2D eigenvalue weighted by Crippen LogP contribution is 2.25. The molecule has 0 aliphatic carbocycles. The number of benzene rings is 2. The molecular weight excluding hydrogens is 347 g/mol. The van der Waals surface area contributed by atoms with Crippen molar-refractivity contribution in [1.29, 1.82) is 0 Å². The van der Waals surface area contributed by atoms with Crippen LogP contribution < -0.4 is 14.8 Å². The third kappa shape index (κ3) is 5.19. The van der Waals surface area contributed by atoms with E-state index < -0.39 is 0 Å². The van der Waals surface area contributed by atoms with Crippen LogP contribution >= 0.6 is 0 Å². The van der Waals surface area contributed by atoms with E-state index in [9.17, 15) is 4.39 Å². The number of morpholine rings is 1. The first-order valence-electron chi connectivity index (χ1n) is 9.20. The van der Waals surface area contributed by atoms with Gasteiger partial charge in [-0.15, -0.1) is 0 Å². The topological polar surface area (TPSA) is 43.0 Å². The zero-order chi connectivity index (χ0) is 19.1. The maximum absolute atomic E-state index is 13.8. The zero-order valence-corrected chi connectivity index (χ0v) is 15.9. The van der Waals surface area contributed by atoms with Crippen molar-refractivity contribution in [1.82, 2.24) is 10.2 Å². The van der Waals surface area contributed by atoms with Crippen LogP contribution in [0.5, 0.6) is 11.5 Å². The van der Waals surface area contributed by atoms with Gasteiger partial charge in [0.1, 0.15) is 17.3 Å². The molecule has 6 heteroatoms. The van der Waals surface area contributed by atoms with E-state index >= 15 is 0 Å². The number of ether oxygens (including phenoxy) is 3. The Morgan fingerprint density at radius 3 is 2.63 bits per heavy atom. The Labute approximate surface area is 160 Å². The lowest BCUT2D eigenvalue weighted by Gasteiger charge is -2.35. The number of rotatable bonds is 8. The number of methoxy groups -OCH3 is 2. The van der Waals surface area contributed by atoms with Gasteiger partial charge >= 0.3 is 0 Å². The molecule has 1 aliphatic rings. The van der Waals surface area contributed by atoms with Crippen molar-refractivity contribution in [2.24, 2.45) is 0 Å². The summed E-state index contributed by atoms with van der Waals surface area (Å²) in [4.78, 5) is 2.34. The zero-order valence-electron chi connectivity index (χ0n) is 15.9. The molecule has 146 valence electrons. The van der Waals surface area contributed by atoms with Gasteiger partial charge in [0.25, 0.3) is 0 Å². The molecule has 1 fully saturated rings. The molecule has 27 heavy (non-hydrogen) atoms. The Hall–Kier alpha value is -2.15. The molecule has 3 rings (SSSR count). The first-order valence-corrected chi connectivity index (χ1v) is 9.20. The summed E-state index contributed by atoms with van der Waals surface area (Å²) in [5, 5.41) is 3.50. The second-order valence-electron chi connectivity index (χ2n) is 6.53. The lowest BCUT2D eigenvalue weighted by Crippen LogP contribution is -2.42. The summed E-state index contributed by atoms with van der Waals surface area (Å²) in [7, 11) is 3.29. The van der Waals surface area contributed by atoms with E-state index in [0.717, 1.165) is 35.7 Å². The molecule has 0 spiro atoms. The lowest BCUT2D eigenvalue weighted by atomic mass is 10.0. The van der Waals surface area contributed by atoms with Crippen LogP contribution in [0.1, 0.15) is 17.2 Å². The van der Waals surface area contributed by atoms with Crippen molar-refractivity contribution in [2.45, 2.75) is 12.6 Å². The van der Waals surface area contributed by atoms with Gasteiger partial charge in [0.15, 0.2) is 0 Å². The van der Waals surface area contributed by atoms with Crippen LogP contribution in [0.4, 0.5) is 4.39 Å². The van der Waals surface area contributed by atoms with Gasteiger partial charge in [-0.3, -0.25) is 4.90 Å². The molecule has 2 aromatic rings. The van der Waals surface area contributed by atoms with Crippen molar-refractivity contribution in [3.63, 3.8) is 0 Å². The normalized spacial score (nSPS) is 16.1. The van der Waals surface area contributed by atoms with Crippen molar-refractivity contribution in [3.05, 3.63) is 59.4 Å². The molecule has 0 radical (unpaired) electrons. The standard InChI is InChI=1S/C21H27FN2O3/c1-25-19-7-6-17(21(13-19)26-2)14-23-15-20(24-8-10-27-11-9-24)16-4-3-5-18(22)12-16/h3-7,12-13,20,23H,8-11,14-15H2,1-2H3. The summed E-state index contributed by atoms with van der Waals surface area (Å²) in [5.41, 5.74) is 2.03. The predicted molar refractivity (Wildman–Crippen MR) is 103 cm³/mol. The largest absolute Gasteiger partial charge is 0.497 e. The van der Waals surface area contributed by atoms with Gasteiger partial charge < -0.3 is 19.5 Å². The number of hydrogen-bond acceptors (Lipinski definition) is 5. The fourth-order valence-electron chi connectivity index (χ4n) is 3.40. The van der Waals surface area contributed by atoms with Crippen LogP contribution in [0, 0.1) is 5.82 Å². The Kier molecular flexibility index (Phi) is 7.04. The summed E-state index contributed by atoms with van der Waals surface area (Å²) in [6, 6.07) is 12.7. The first-order chi connectivity index (χ1) is 13.2. The van der Waals surface area contributed by atoms with Crippen LogP contribution in [-0.2, 0) is 11.3 Å². The summed E-state index contributed by atoms with van der Waals surface area (Å²) in [6.45, 7) is 4.46. The second kappa shape index (κ2) is 9.69. The Morgan fingerprint density at radius 2 is 1.93 bits per heavy atom. The summed E-state index contributed by atoms with van der Waals surface area (Å²) in [5.74, 6) is 1.35. The molecule has 1 heterocycles. The molecule has 2 aromatic carbocycles. The molecule has 5 nitrogen and oxygen atoms in total. The minimum atomic E-state index is -0.206. The average molecular weight is 374 g/mol. The van der Waals surface area contributed by atoms with Gasteiger partial charge in [0.2, 0.25) is 0 Å². The van der Waals surface area contributed by atoms with E-state index in [-0.39, 0.29) is 11.9 Å². The van der Waals surface area contributed by atoms with Crippen molar-refractivity contribution < 1.29 is 18.6 Å². The van der Waals surface area contributed by atoms with Crippen LogP contribution in [0.3, 0.4) is 0 Å². The molecular formula is C21H27FN2O3. The molecule has 1 saturated heterocycles. The molecule has 0 amide bonds. The van der Waals surface area contributed by atoms with E-state index in [2.05, 4.69) is 10.2 Å². The van der Waals surface area contributed by atoms with Crippen LogP contribution in [0.25, 0.3) is 0 Å². The highest BCUT2D eigenvalue weighted by Gasteiger charge is 2.22. The Balaban J connectivity index is 1.69. The number of hydrogen-bond donors (Lipinski definition) is 1. The maximum Gasteiger partial charge on any atom is 0.127 e. The van der Waals surface area contributed by atoms with Gasteiger partial charge in [-0.05, 0) is 23.8 Å². The lowest BCUT2D eigenvalue weighted by molar-refractivity contribution is 0.0160. The van der Waals surface area contributed by atoms with Gasteiger partial charge in [0, 0.05) is 43.9 Å². The second-order valence-corrected chi connectivity index (χ2v) is 6.53. The van der Waals surface area contributed by atoms with Crippen molar-refractivity contribution >= 4 is 0 Å². The minimum absolute atomic E-state index is 0.0915. The monoisotopic (exact) mass is 374 g/mol. The number of nitrogens with one attached hydrogen (secondary N) is 1. The van der Waals surface area contributed by atoms with Crippen molar-refractivity contribution in [3.8, 4) is 11.5 Å². The van der Waals surface area contributed by atoms with Crippen LogP contribution in [0.15, 0.2) is 42.5 Å². The molecule has 1 aliphatic heterocycles. The average Bonchev–Trinajstić information content (AvgIpc) is 2.72. The molecule has 1 atom stereocenters. The molecule has 0 saturated carbocycles. The molecule has 0 bridgehead atoms. The van der Waals surface area contributed by atoms with Gasteiger partial charge in [-0.1, -0.05) is 18.2 Å². The molecule has 1 unspecified atom stereocenters. The van der Waals surface area contributed by atoms with Crippen molar-refractivity contribution in [2.75, 3.05) is 47.1 Å². The smallest absolute Gasteiger partial charge is 0.127 e. The SMILES string of the molecule is COc1ccc(CNCC(c2cccc(F)c2)N2CCOCC2)c(OC)c1. The predicted octanol–water partition coefficient (Wildman–Crippen LogP) is 3.01. The van der Waals surface area contributed by atoms with E-state index in [1.807, 2.05) is 24.3 Å². The van der Waals surface area contributed by atoms with E-state index in [0.29, 0.717) is 26.3 Å². The van der Waals surface area contributed by atoms with E-state index in [4.69, 9.17) is 14.2 Å². The molecule has 0 aromatic heterocycles. The Morgan fingerprint density at radius 1 is 1.11 bits per heavy atom. The van der Waals surface area contributed by atoms with E-state index in [1.54, 1.807) is 26.4 Å². The summed E-state index contributed by atoms with van der Waals surface area (Å²) in [6.07, 6.45) is 0. The fourth-order valence-corrected chi connectivity index (χ4v) is 3.40. The van der Waals surface area contributed by atoms with Gasteiger partial charge in [-0.25, -0.2) is 4.39 Å². The molecule has 1 N–H and O–H groups in total. The maximum atomic E-state index is 13.8. The highest BCUT2D eigenvalue weighted by atomic mass is 19.1. The number of nitrogens with zero attached hydrogens (tertiary/aromatic N) is 1. The third-order valence-electron chi connectivity index (χ3n) is 4.87. The third-order valence-corrected chi connectivity index (χ3v) is 4.87. The highest BCUT2D eigenvalue weighted by molar-refractivity contribution is 5.40. The van der Waals surface area contributed by atoms with Gasteiger partial charge in [-0.2, -0.15) is 0 Å². The van der Waals surface area contributed by atoms with Crippen LogP contribution in [-0.4, -0.2) is 52.0 Å². The Bertz CT molecular complexity index is 735. The quantitative estimate of drug-likeness (QED) is 0.769. The van der Waals surface area contributed by atoms with Gasteiger partial charge in [0.05, 0.1) is 27.4 Å². The van der Waals surface area contributed by atoms with Crippen LogP contribution in [0.2, 0.25) is 0 Å².